The van der Waals surface area contributed by atoms with Crippen molar-refractivity contribution in [1.29, 1.82) is 0 Å². The summed E-state index contributed by atoms with van der Waals surface area (Å²) in [5.74, 6) is 0. The minimum atomic E-state index is 1.25. The molecule has 0 atom stereocenters. The lowest BCUT2D eigenvalue weighted by atomic mass is 9.94. The smallest absolute Gasteiger partial charge is 0.00248 e. The Labute approximate surface area is 108 Å². The summed E-state index contributed by atoms with van der Waals surface area (Å²) in [6, 6.07) is 0. The Hall–Kier alpha value is -0.300. The first-order chi connectivity index (χ1) is 8.29. The van der Waals surface area contributed by atoms with Crippen LogP contribution in [0.1, 0.15) is 70.6 Å². The largest absolute Gasteiger partial charge is 0.309 e. The van der Waals surface area contributed by atoms with Crippen LogP contribution >= 0.6 is 0 Å². The highest BCUT2D eigenvalue weighted by Crippen LogP contribution is 2.23. The van der Waals surface area contributed by atoms with Gasteiger partial charge in [-0.15, -0.1) is 0 Å². The van der Waals surface area contributed by atoms with Crippen LogP contribution in [-0.2, 0) is 0 Å². The zero-order valence-corrected chi connectivity index (χ0v) is 12.0. The van der Waals surface area contributed by atoms with Crippen LogP contribution in [-0.4, -0.2) is 25.5 Å². The van der Waals surface area contributed by atoms with Gasteiger partial charge in [-0.25, -0.2) is 0 Å². The SMILES string of the molecule is CN(C)CCCCCCCC=C1CCCCC1. The third-order valence-electron chi connectivity index (χ3n) is 3.74. The predicted molar refractivity (Wildman–Crippen MR) is 77.4 cm³/mol. The van der Waals surface area contributed by atoms with Crippen LogP contribution in [0.5, 0.6) is 0 Å². The molecule has 1 aliphatic carbocycles. The number of unbranched alkanes of at least 4 members (excludes halogenated alkanes) is 5. The minimum Gasteiger partial charge on any atom is -0.309 e. The van der Waals surface area contributed by atoms with E-state index in [4.69, 9.17) is 0 Å². The molecule has 1 saturated carbocycles. The Balaban J connectivity index is 1.87. The summed E-state index contributed by atoms with van der Waals surface area (Å²) >= 11 is 0. The Morgan fingerprint density at radius 2 is 1.53 bits per heavy atom. The summed E-state index contributed by atoms with van der Waals surface area (Å²) < 4.78 is 0. The number of hydrogen-bond donors (Lipinski definition) is 0. The van der Waals surface area contributed by atoms with E-state index in [2.05, 4.69) is 25.1 Å². The molecule has 0 aromatic carbocycles. The van der Waals surface area contributed by atoms with E-state index in [-0.39, 0.29) is 0 Å². The molecule has 0 amide bonds. The molecule has 0 aromatic heterocycles. The molecule has 0 unspecified atom stereocenters. The van der Waals surface area contributed by atoms with Crippen molar-refractivity contribution in [1.82, 2.24) is 4.90 Å². The summed E-state index contributed by atoms with van der Waals surface area (Å²) in [6.07, 6.45) is 18.0. The Kier molecular flexibility index (Phi) is 8.42. The number of rotatable bonds is 8. The molecule has 1 heteroatoms. The van der Waals surface area contributed by atoms with E-state index in [1.807, 2.05) is 0 Å². The third-order valence-corrected chi connectivity index (χ3v) is 3.74. The standard InChI is InChI=1S/C16H31N/c1-17(2)15-11-6-4-3-5-8-12-16-13-9-7-10-14-16/h12H,3-11,13-15H2,1-2H3. The molecule has 1 nitrogen and oxygen atoms in total. The quantitative estimate of drug-likeness (QED) is 0.434. The molecule has 0 aliphatic heterocycles. The van der Waals surface area contributed by atoms with Crippen molar-refractivity contribution in [2.75, 3.05) is 20.6 Å². The molecule has 1 aliphatic rings. The first kappa shape index (κ1) is 14.8. The van der Waals surface area contributed by atoms with Crippen LogP contribution in [0.15, 0.2) is 11.6 Å². The van der Waals surface area contributed by atoms with E-state index >= 15 is 0 Å². The maximum atomic E-state index is 2.54. The fourth-order valence-corrected chi connectivity index (χ4v) is 2.62. The van der Waals surface area contributed by atoms with Gasteiger partial charge in [0.15, 0.2) is 0 Å². The van der Waals surface area contributed by atoms with Gasteiger partial charge in [-0.05, 0) is 65.6 Å². The summed E-state index contributed by atoms with van der Waals surface area (Å²) in [4.78, 5) is 2.29. The molecular weight excluding hydrogens is 206 g/mol. The fourth-order valence-electron chi connectivity index (χ4n) is 2.62. The monoisotopic (exact) mass is 237 g/mol. The van der Waals surface area contributed by atoms with E-state index in [1.165, 1.54) is 77.2 Å². The minimum absolute atomic E-state index is 1.25. The van der Waals surface area contributed by atoms with Gasteiger partial charge in [0.25, 0.3) is 0 Å². The van der Waals surface area contributed by atoms with E-state index in [1.54, 1.807) is 5.57 Å². The second kappa shape index (κ2) is 9.70. The van der Waals surface area contributed by atoms with Gasteiger partial charge in [0, 0.05) is 0 Å². The van der Waals surface area contributed by atoms with Crippen LogP contribution in [0.2, 0.25) is 0 Å². The molecule has 0 aromatic rings. The van der Waals surface area contributed by atoms with Crippen molar-refractivity contribution in [2.24, 2.45) is 0 Å². The van der Waals surface area contributed by atoms with E-state index in [9.17, 15) is 0 Å². The van der Waals surface area contributed by atoms with Crippen molar-refractivity contribution < 1.29 is 0 Å². The van der Waals surface area contributed by atoms with Gasteiger partial charge in [0.2, 0.25) is 0 Å². The second-order valence-electron chi connectivity index (χ2n) is 5.78. The first-order valence-electron chi connectivity index (χ1n) is 7.61. The van der Waals surface area contributed by atoms with E-state index in [0.717, 1.165) is 0 Å². The summed E-state index contributed by atoms with van der Waals surface area (Å²) in [7, 11) is 4.33. The summed E-state index contributed by atoms with van der Waals surface area (Å²) in [6.45, 7) is 1.25. The maximum absolute atomic E-state index is 2.54. The molecule has 100 valence electrons. The highest BCUT2D eigenvalue weighted by Gasteiger charge is 2.03. The molecule has 0 radical (unpaired) electrons. The lowest BCUT2D eigenvalue weighted by Crippen LogP contribution is -2.12. The average molecular weight is 237 g/mol. The maximum Gasteiger partial charge on any atom is -0.00248 e. The fraction of sp³-hybridized carbons (Fsp3) is 0.875. The second-order valence-corrected chi connectivity index (χ2v) is 5.78. The van der Waals surface area contributed by atoms with Gasteiger partial charge < -0.3 is 4.90 Å². The molecule has 0 heterocycles. The Bertz CT molecular complexity index is 198. The zero-order chi connectivity index (χ0) is 12.3. The summed E-state index contributed by atoms with van der Waals surface area (Å²) in [5.41, 5.74) is 1.75. The number of hydrogen-bond acceptors (Lipinski definition) is 1. The molecule has 0 bridgehead atoms. The Morgan fingerprint density at radius 3 is 2.24 bits per heavy atom. The topological polar surface area (TPSA) is 3.24 Å². The van der Waals surface area contributed by atoms with Crippen LogP contribution in [0.25, 0.3) is 0 Å². The van der Waals surface area contributed by atoms with E-state index in [0.29, 0.717) is 0 Å². The molecule has 0 saturated heterocycles. The molecule has 1 fully saturated rings. The molecule has 0 N–H and O–H groups in total. The van der Waals surface area contributed by atoms with Crippen LogP contribution in [0.3, 0.4) is 0 Å². The van der Waals surface area contributed by atoms with Crippen LogP contribution < -0.4 is 0 Å². The van der Waals surface area contributed by atoms with Gasteiger partial charge >= 0.3 is 0 Å². The predicted octanol–water partition coefficient (Wildman–Crippen LogP) is 4.78. The molecule has 0 spiro atoms. The van der Waals surface area contributed by atoms with Crippen LogP contribution in [0, 0.1) is 0 Å². The highest BCUT2D eigenvalue weighted by molar-refractivity contribution is 5.03. The lowest BCUT2D eigenvalue weighted by Gasteiger charge is -2.13. The highest BCUT2D eigenvalue weighted by atomic mass is 15.0. The van der Waals surface area contributed by atoms with Gasteiger partial charge in [0.05, 0.1) is 0 Å². The summed E-state index contributed by atoms with van der Waals surface area (Å²) in [5, 5.41) is 0. The van der Waals surface area contributed by atoms with Crippen molar-refractivity contribution in [2.45, 2.75) is 70.6 Å². The van der Waals surface area contributed by atoms with Crippen molar-refractivity contribution in [3.63, 3.8) is 0 Å². The molecule has 17 heavy (non-hydrogen) atoms. The van der Waals surface area contributed by atoms with Crippen molar-refractivity contribution >= 4 is 0 Å². The first-order valence-corrected chi connectivity index (χ1v) is 7.61. The number of nitrogens with zero attached hydrogens (tertiary/aromatic N) is 1. The van der Waals surface area contributed by atoms with Crippen LogP contribution in [0.4, 0.5) is 0 Å². The number of allylic oxidation sites excluding steroid dienone is 2. The molecule has 1 rings (SSSR count). The van der Waals surface area contributed by atoms with E-state index < -0.39 is 0 Å². The molecular formula is C16H31N. The normalized spacial score (nSPS) is 16.5. The van der Waals surface area contributed by atoms with Crippen molar-refractivity contribution in [3.8, 4) is 0 Å². The Morgan fingerprint density at radius 1 is 0.882 bits per heavy atom. The van der Waals surface area contributed by atoms with Gasteiger partial charge in [-0.2, -0.15) is 0 Å². The van der Waals surface area contributed by atoms with Gasteiger partial charge in [-0.3, -0.25) is 0 Å². The van der Waals surface area contributed by atoms with Gasteiger partial charge in [-0.1, -0.05) is 37.3 Å². The van der Waals surface area contributed by atoms with Gasteiger partial charge in [0.1, 0.15) is 0 Å². The zero-order valence-electron chi connectivity index (χ0n) is 12.0. The lowest BCUT2D eigenvalue weighted by molar-refractivity contribution is 0.390. The average Bonchev–Trinajstić information content (AvgIpc) is 2.33. The third kappa shape index (κ3) is 8.43. The van der Waals surface area contributed by atoms with Crippen molar-refractivity contribution in [3.05, 3.63) is 11.6 Å².